The Hall–Kier alpha value is -7.25. The van der Waals surface area contributed by atoms with Crippen LogP contribution in [0.25, 0.3) is 21.3 Å². The molecule has 0 bridgehead atoms. The Kier molecular flexibility index (Phi) is 12.9. The minimum absolute atomic E-state index is 0.0820. The van der Waals surface area contributed by atoms with E-state index >= 15 is 0 Å². The van der Waals surface area contributed by atoms with E-state index in [4.69, 9.17) is 14.5 Å². The standard InChI is InChI=1S/C46H39F4N9O4S/c1-56-42-37(24-54-59(45(42)61)27-31-7-5-8-36(19-31)62-2)43-44(56)55-41(64-43)28-58-26-34(22-53-58)10-9-33-21-52-57(25-33)16-4-3-6-30-12-14-40(35(18-30)23-51-15-17-60)63-29-32-11-13-39(47)38(20-32)46(48,49)50/h5,7-8,11-14,18-22,24-26,51,60H,4,15-17,23,27-29H2,1-2H3. The molecule has 0 spiro atoms. The van der Waals surface area contributed by atoms with Crippen molar-refractivity contribution in [2.45, 2.75) is 45.4 Å². The Bertz CT molecular complexity index is 3160. The third-order valence-electron chi connectivity index (χ3n) is 10.0. The van der Waals surface area contributed by atoms with E-state index in [0.29, 0.717) is 72.9 Å². The summed E-state index contributed by atoms with van der Waals surface area (Å²) in [6.45, 7) is 1.61. The van der Waals surface area contributed by atoms with Crippen molar-refractivity contribution in [3.63, 3.8) is 0 Å². The SMILES string of the molecule is COc1cccc(Cn2ncc3c4sc(Cn5cc(C#Cc6cnn(CCC#Cc7ccc(OCc8ccc(F)c(C(F)(F)F)c8)c(CNCCO)c7)c6)cn5)nc4n(C)c3c2=O)c1. The Morgan fingerprint density at radius 1 is 0.891 bits per heavy atom. The number of methoxy groups -OCH3 is 1. The van der Waals surface area contributed by atoms with Crippen LogP contribution in [0.15, 0.2) is 96.4 Å². The first-order valence-electron chi connectivity index (χ1n) is 19.9. The number of nitrogens with zero attached hydrogens (tertiary/aromatic N) is 8. The van der Waals surface area contributed by atoms with Crippen LogP contribution in [-0.4, -0.2) is 64.3 Å². The minimum atomic E-state index is -4.82. The summed E-state index contributed by atoms with van der Waals surface area (Å²) in [6, 6.07) is 15.5. The molecule has 2 N–H and O–H groups in total. The Balaban J connectivity index is 0.864. The number of hydrogen-bond acceptors (Lipinski definition) is 10. The molecule has 8 rings (SSSR count). The van der Waals surface area contributed by atoms with Gasteiger partial charge in [0.1, 0.15) is 34.4 Å². The number of aliphatic hydroxyl groups excluding tert-OH is 1. The summed E-state index contributed by atoms with van der Waals surface area (Å²) >= 11 is 1.50. The predicted octanol–water partition coefficient (Wildman–Crippen LogP) is 6.50. The lowest BCUT2D eigenvalue weighted by molar-refractivity contribution is -0.140. The van der Waals surface area contributed by atoms with E-state index in [0.717, 1.165) is 43.9 Å². The average molecular weight is 890 g/mol. The number of thiazole rings is 1. The van der Waals surface area contributed by atoms with Crippen LogP contribution in [0.5, 0.6) is 11.5 Å². The van der Waals surface area contributed by atoms with E-state index in [-0.39, 0.29) is 24.3 Å². The predicted molar refractivity (Wildman–Crippen MR) is 232 cm³/mol. The van der Waals surface area contributed by atoms with Crippen molar-refractivity contribution >= 4 is 32.6 Å². The lowest BCUT2D eigenvalue weighted by Crippen LogP contribution is -2.24. The number of benzene rings is 3. The summed E-state index contributed by atoms with van der Waals surface area (Å²) in [7, 11) is 3.44. The third kappa shape index (κ3) is 10.0. The van der Waals surface area contributed by atoms with E-state index in [1.807, 2.05) is 54.3 Å². The van der Waals surface area contributed by atoms with Crippen LogP contribution in [0.3, 0.4) is 0 Å². The Morgan fingerprint density at radius 3 is 2.47 bits per heavy atom. The van der Waals surface area contributed by atoms with E-state index in [2.05, 4.69) is 44.3 Å². The molecule has 326 valence electrons. The molecule has 0 unspecified atom stereocenters. The van der Waals surface area contributed by atoms with E-state index in [1.54, 1.807) is 47.2 Å². The van der Waals surface area contributed by atoms with Crippen molar-refractivity contribution in [2.24, 2.45) is 7.05 Å². The summed E-state index contributed by atoms with van der Waals surface area (Å²) in [5.74, 6) is 12.3. The van der Waals surface area contributed by atoms with Crippen LogP contribution in [0, 0.1) is 29.5 Å². The molecule has 64 heavy (non-hydrogen) atoms. The third-order valence-corrected chi connectivity index (χ3v) is 11.1. The maximum absolute atomic E-state index is 13.8. The second kappa shape index (κ2) is 19.0. The van der Waals surface area contributed by atoms with Crippen molar-refractivity contribution in [1.29, 1.82) is 0 Å². The van der Waals surface area contributed by atoms with Crippen LogP contribution in [-0.2, 0) is 46.0 Å². The van der Waals surface area contributed by atoms with Gasteiger partial charge in [-0.05, 0) is 53.6 Å². The Morgan fingerprint density at radius 2 is 1.69 bits per heavy atom. The van der Waals surface area contributed by atoms with Gasteiger partial charge >= 0.3 is 6.18 Å². The molecular formula is C46H39F4N9O4S. The number of nitrogens with one attached hydrogen (secondary N) is 1. The Labute approximate surface area is 367 Å². The normalized spacial score (nSPS) is 11.4. The largest absolute Gasteiger partial charge is 0.497 e. The molecule has 3 aromatic carbocycles. The molecule has 18 heteroatoms. The number of hydrogen-bond donors (Lipinski definition) is 2. The van der Waals surface area contributed by atoms with Gasteiger partial charge in [-0.1, -0.05) is 41.9 Å². The number of halogens is 4. The molecule has 0 aliphatic carbocycles. The van der Waals surface area contributed by atoms with Gasteiger partial charge in [-0.2, -0.15) is 28.5 Å². The van der Waals surface area contributed by atoms with E-state index < -0.39 is 17.6 Å². The number of aromatic nitrogens is 8. The van der Waals surface area contributed by atoms with Crippen molar-refractivity contribution in [2.75, 3.05) is 20.3 Å². The smallest absolute Gasteiger partial charge is 0.419 e. The molecular weight excluding hydrogens is 851 g/mol. The van der Waals surface area contributed by atoms with Crippen LogP contribution < -0.4 is 20.3 Å². The highest BCUT2D eigenvalue weighted by Crippen LogP contribution is 2.33. The number of rotatable bonds is 14. The zero-order valence-corrected chi connectivity index (χ0v) is 35.3. The second-order valence-electron chi connectivity index (χ2n) is 14.6. The molecule has 8 aromatic rings. The molecule has 0 amide bonds. The maximum Gasteiger partial charge on any atom is 0.419 e. The number of aryl methyl sites for hydroxylation is 2. The summed E-state index contributed by atoms with van der Waals surface area (Å²) in [5.41, 5.74) is 3.61. The van der Waals surface area contributed by atoms with Gasteiger partial charge in [0.2, 0.25) is 0 Å². The number of alkyl halides is 3. The summed E-state index contributed by atoms with van der Waals surface area (Å²) < 4.78 is 72.2. The summed E-state index contributed by atoms with van der Waals surface area (Å²) in [5, 5.41) is 27.2. The molecule has 0 aliphatic rings. The van der Waals surface area contributed by atoms with Crippen molar-refractivity contribution in [3.05, 3.63) is 152 Å². The highest BCUT2D eigenvalue weighted by molar-refractivity contribution is 7.19. The van der Waals surface area contributed by atoms with Gasteiger partial charge in [-0.15, -0.1) is 11.3 Å². The zero-order valence-electron chi connectivity index (χ0n) is 34.5. The van der Waals surface area contributed by atoms with Crippen LogP contribution >= 0.6 is 11.3 Å². The highest BCUT2D eigenvalue weighted by atomic mass is 32.1. The van der Waals surface area contributed by atoms with Gasteiger partial charge in [0.15, 0.2) is 5.65 Å². The first-order chi connectivity index (χ1) is 30.9. The molecule has 5 heterocycles. The average Bonchev–Trinajstić information content (AvgIpc) is 4.09. The lowest BCUT2D eigenvalue weighted by Gasteiger charge is -2.14. The highest BCUT2D eigenvalue weighted by Gasteiger charge is 2.34. The first kappa shape index (κ1) is 43.4. The van der Waals surface area contributed by atoms with Gasteiger partial charge in [-0.3, -0.25) is 14.2 Å². The molecule has 0 radical (unpaired) electrons. The summed E-state index contributed by atoms with van der Waals surface area (Å²) in [4.78, 5) is 18.3. The molecule has 0 saturated carbocycles. The molecule has 13 nitrogen and oxygen atoms in total. The van der Waals surface area contributed by atoms with Crippen molar-refractivity contribution in [3.8, 4) is 35.2 Å². The van der Waals surface area contributed by atoms with Crippen LogP contribution in [0.2, 0.25) is 0 Å². The van der Waals surface area contributed by atoms with Gasteiger partial charge in [0, 0.05) is 55.5 Å². The fraction of sp³-hybridized carbons (Fsp3) is 0.239. The van der Waals surface area contributed by atoms with Gasteiger partial charge in [0.25, 0.3) is 5.56 Å². The number of aliphatic hydroxyl groups is 1. The fourth-order valence-corrected chi connectivity index (χ4v) is 8.02. The number of ether oxygens (including phenoxy) is 2. The lowest BCUT2D eigenvalue weighted by atomic mass is 10.1. The molecule has 0 aliphatic heterocycles. The van der Waals surface area contributed by atoms with Crippen molar-refractivity contribution < 1.29 is 32.1 Å². The van der Waals surface area contributed by atoms with Crippen molar-refractivity contribution in [1.82, 2.24) is 44.2 Å². The monoisotopic (exact) mass is 889 g/mol. The van der Waals surface area contributed by atoms with Gasteiger partial charge < -0.3 is 24.5 Å². The quantitative estimate of drug-likeness (QED) is 0.0712. The molecule has 0 saturated heterocycles. The molecule has 0 fully saturated rings. The number of fused-ring (bicyclic) bond motifs is 3. The summed E-state index contributed by atoms with van der Waals surface area (Å²) in [6.07, 6.45) is 4.44. The van der Waals surface area contributed by atoms with Crippen LogP contribution in [0.1, 0.15) is 50.4 Å². The minimum Gasteiger partial charge on any atom is -0.497 e. The maximum atomic E-state index is 13.8. The van der Waals surface area contributed by atoms with E-state index in [9.17, 15) is 27.5 Å². The topological polar surface area (TPSA) is 139 Å². The molecule has 0 atom stereocenters. The molecule has 5 aromatic heterocycles. The second-order valence-corrected chi connectivity index (χ2v) is 15.7. The van der Waals surface area contributed by atoms with Gasteiger partial charge in [0.05, 0.1) is 73.3 Å². The van der Waals surface area contributed by atoms with Gasteiger partial charge in [-0.25, -0.2) is 14.1 Å². The fourth-order valence-electron chi connectivity index (χ4n) is 6.92. The van der Waals surface area contributed by atoms with Crippen LogP contribution in [0.4, 0.5) is 17.6 Å². The first-order valence-corrected chi connectivity index (χ1v) is 20.7. The zero-order chi connectivity index (χ0) is 44.8. The van der Waals surface area contributed by atoms with E-state index in [1.165, 1.54) is 22.1 Å².